The van der Waals surface area contributed by atoms with Crippen LogP contribution in [0.5, 0.6) is 0 Å². The molecule has 12 heavy (non-hydrogen) atoms. The van der Waals surface area contributed by atoms with Crippen LogP contribution in [0.3, 0.4) is 0 Å². The van der Waals surface area contributed by atoms with E-state index in [1.165, 1.54) is 0 Å². The van der Waals surface area contributed by atoms with Crippen molar-refractivity contribution in [1.29, 1.82) is 0 Å². The van der Waals surface area contributed by atoms with Crippen molar-refractivity contribution in [3.63, 3.8) is 0 Å². The fraction of sp³-hybridized carbons (Fsp3) is 0. The highest BCUT2D eigenvalue weighted by atomic mass is 35.5. The molecule has 3 nitrogen and oxygen atoms in total. The summed E-state index contributed by atoms with van der Waals surface area (Å²) in [5, 5.41) is 7.57. The van der Waals surface area contributed by atoms with Gasteiger partial charge in [0, 0.05) is 0 Å². The minimum atomic E-state index is -1.65. The van der Waals surface area contributed by atoms with E-state index in [0.717, 1.165) is 0 Å². The van der Waals surface area contributed by atoms with Crippen LogP contribution in [0.4, 0.5) is 8.78 Å². The minimum Gasteiger partial charge on any atom is -0.477 e. The van der Waals surface area contributed by atoms with Crippen molar-refractivity contribution in [3.05, 3.63) is 28.5 Å². The molecule has 0 atom stereocenters. The molecule has 1 N–H and O–H groups in total. The van der Waals surface area contributed by atoms with E-state index in [0.29, 0.717) is 6.20 Å². The molecule has 0 unspecified atom stereocenters. The number of carbonyl (C=O) groups is 1. The molecule has 1 rings (SSSR count). The summed E-state index contributed by atoms with van der Waals surface area (Å²) in [6, 6.07) is 0. The molecule has 0 aliphatic carbocycles. The summed E-state index contributed by atoms with van der Waals surface area (Å²) in [6.45, 7) is 0. The highest BCUT2D eigenvalue weighted by Gasteiger charge is 2.19. The van der Waals surface area contributed by atoms with Crippen LogP contribution in [0, 0.1) is 11.8 Å². The summed E-state index contributed by atoms with van der Waals surface area (Å²) in [7, 11) is 0. The van der Waals surface area contributed by atoms with Gasteiger partial charge in [0.05, 0.1) is 11.2 Å². The standard InChI is InChI=1S/C6H2ClF2NO2/c7-4-2(8)1-10-5(9)3(4)6(11)12/h1H,(H,11,12). The van der Waals surface area contributed by atoms with Crippen molar-refractivity contribution in [2.75, 3.05) is 0 Å². The lowest BCUT2D eigenvalue weighted by atomic mass is 10.3. The number of aromatic carboxylic acids is 1. The van der Waals surface area contributed by atoms with Crippen LogP contribution in [0.2, 0.25) is 5.02 Å². The Kier molecular flexibility index (Phi) is 2.23. The zero-order chi connectivity index (χ0) is 9.30. The van der Waals surface area contributed by atoms with Gasteiger partial charge < -0.3 is 5.11 Å². The van der Waals surface area contributed by atoms with E-state index < -0.39 is 28.3 Å². The van der Waals surface area contributed by atoms with Gasteiger partial charge in [0.1, 0.15) is 5.56 Å². The summed E-state index contributed by atoms with van der Waals surface area (Å²) < 4.78 is 25.0. The molecule has 0 aromatic carbocycles. The van der Waals surface area contributed by atoms with E-state index in [9.17, 15) is 13.6 Å². The summed E-state index contributed by atoms with van der Waals surface area (Å²) in [4.78, 5) is 13.1. The van der Waals surface area contributed by atoms with Crippen molar-refractivity contribution in [2.45, 2.75) is 0 Å². The van der Waals surface area contributed by atoms with Crippen LogP contribution in [0.15, 0.2) is 6.20 Å². The fourth-order valence-electron chi connectivity index (χ4n) is 0.627. The predicted molar refractivity (Wildman–Crippen MR) is 36.1 cm³/mol. The van der Waals surface area contributed by atoms with Gasteiger partial charge in [0.2, 0.25) is 5.95 Å². The number of rotatable bonds is 1. The average molecular weight is 194 g/mol. The molecule has 0 saturated heterocycles. The molecule has 0 amide bonds. The largest absolute Gasteiger partial charge is 0.477 e. The maximum Gasteiger partial charge on any atom is 0.342 e. The molecular formula is C6H2ClF2NO2. The Morgan fingerprint density at radius 3 is 2.58 bits per heavy atom. The van der Waals surface area contributed by atoms with Crippen molar-refractivity contribution < 1.29 is 18.7 Å². The number of aromatic nitrogens is 1. The zero-order valence-corrected chi connectivity index (χ0v) is 6.27. The molecule has 0 saturated carbocycles. The maximum absolute atomic E-state index is 12.5. The second-order valence-electron chi connectivity index (χ2n) is 1.89. The highest BCUT2D eigenvalue weighted by molar-refractivity contribution is 6.33. The first-order valence-electron chi connectivity index (χ1n) is 2.77. The van der Waals surface area contributed by atoms with Gasteiger partial charge in [-0.2, -0.15) is 4.39 Å². The molecule has 0 aliphatic heterocycles. The third-order valence-corrected chi connectivity index (χ3v) is 1.51. The summed E-state index contributed by atoms with van der Waals surface area (Å²) >= 11 is 5.16. The monoisotopic (exact) mass is 193 g/mol. The molecule has 0 spiro atoms. The number of carboxylic acid groups (broad SMARTS) is 1. The predicted octanol–water partition coefficient (Wildman–Crippen LogP) is 1.71. The fourth-order valence-corrected chi connectivity index (χ4v) is 0.834. The van der Waals surface area contributed by atoms with Crippen LogP contribution >= 0.6 is 11.6 Å². The van der Waals surface area contributed by atoms with Gasteiger partial charge in [-0.15, -0.1) is 0 Å². The van der Waals surface area contributed by atoms with Gasteiger partial charge in [-0.25, -0.2) is 14.2 Å². The Balaban J connectivity index is 3.43. The van der Waals surface area contributed by atoms with Gasteiger partial charge >= 0.3 is 5.97 Å². The maximum atomic E-state index is 12.5. The molecule has 64 valence electrons. The minimum absolute atomic E-state index is 0.518. The first-order chi connectivity index (χ1) is 5.54. The van der Waals surface area contributed by atoms with E-state index >= 15 is 0 Å². The average Bonchev–Trinajstić information content (AvgIpc) is 1.97. The van der Waals surface area contributed by atoms with E-state index in [2.05, 4.69) is 4.98 Å². The second kappa shape index (κ2) is 3.02. The molecule has 0 bridgehead atoms. The lowest BCUT2D eigenvalue weighted by Crippen LogP contribution is -2.05. The van der Waals surface area contributed by atoms with E-state index in [4.69, 9.17) is 16.7 Å². The van der Waals surface area contributed by atoms with Crippen molar-refractivity contribution in [3.8, 4) is 0 Å². The third-order valence-electron chi connectivity index (χ3n) is 1.14. The molecule has 1 aromatic rings. The summed E-state index contributed by atoms with van der Waals surface area (Å²) in [5.74, 6) is -4.01. The molecule has 0 fully saturated rings. The number of nitrogens with zero attached hydrogens (tertiary/aromatic N) is 1. The molecule has 0 aliphatic rings. The van der Waals surface area contributed by atoms with E-state index in [-0.39, 0.29) is 0 Å². The number of hydrogen-bond acceptors (Lipinski definition) is 2. The first-order valence-corrected chi connectivity index (χ1v) is 3.14. The van der Waals surface area contributed by atoms with Crippen LogP contribution in [-0.2, 0) is 0 Å². The van der Waals surface area contributed by atoms with Crippen LogP contribution < -0.4 is 0 Å². The van der Waals surface area contributed by atoms with Gasteiger partial charge in [-0.1, -0.05) is 11.6 Å². The smallest absolute Gasteiger partial charge is 0.342 e. The normalized spacial score (nSPS) is 9.92. The Bertz CT molecular complexity index is 343. The van der Waals surface area contributed by atoms with Crippen molar-refractivity contribution >= 4 is 17.6 Å². The third kappa shape index (κ3) is 1.35. The zero-order valence-electron chi connectivity index (χ0n) is 5.51. The van der Waals surface area contributed by atoms with Gasteiger partial charge in [-0.05, 0) is 0 Å². The van der Waals surface area contributed by atoms with Crippen LogP contribution in [-0.4, -0.2) is 16.1 Å². The SMILES string of the molecule is O=C(O)c1c(F)ncc(F)c1Cl. The Morgan fingerprint density at radius 2 is 2.17 bits per heavy atom. The number of halogens is 3. The van der Waals surface area contributed by atoms with Crippen molar-refractivity contribution in [1.82, 2.24) is 4.98 Å². The Morgan fingerprint density at radius 1 is 1.58 bits per heavy atom. The Hall–Kier alpha value is -1.23. The van der Waals surface area contributed by atoms with E-state index in [1.807, 2.05) is 0 Å². The van der Waals surface area contributed by atoms with Crippen molar-refractivity contribution in [2.24, 2.45) is 0 Å². The molecular weight excluding hydrogens is 192 g/mol. The number of hydrogen-bond donors (Lipinski definition) is 1. The van der Waals surface area contributed by atoms with E-state index in [1.54, 1.807) is 0 Å². The highest BCUT2D eigenvalue weighted by Crippen LogP contribution is 2.20. The number of carboxylic acids is 1. The summed E-state index contributed by atoms with van der Waals surface area (Å²) in [5.41, 5.74) is -0.948. The van der Waals surface area contributed by atoms with Crippen LogP contribution in [0.25, 0.3) is 0 Å². The second-order valence-corrected chi connectivity index (χ2v) is 2.27. The van der Waals surface area contributed by atoms with Gasteiger partial charge in [0.15, 0.2) is 5.82 Å². The van der Waals surface area contributed by atoms with Gasteiger partial charge in [0.25, 0.3) is 0 Å². The lowest BCUT2D eigenvalue weighted by Gasteiger charge is -1.99. The Labute approximate surface area is 70.6 Å². The molecule has 1 aromatic heterocycles. The topological polar surface area (TPSA) is 50.2 Å². The lowest BCUT2D eigenvalue weighted by molar-refractivity contribution is 0.0690. The summed E-state index contributed by atoms with van der Waals surface area (Å²) in [6.07, 6.45) is 0.518. The first kappa shape index (κ1) is 8.86. The quantitative estimate of drug-likeness (QED) is 0.691. The number of pyridine rings is 1. The molecule has 1 heterocycles. The van der Waals surface area contributed by atoms with Gasteiger partial charge in [-0.3, -0.25) is 0 Å². The molecule has 0 radical (unpaired) electrons. The molecule has 6 heteroatoms. The van der Waals surface area contributed by atoms with Crippen LogP contribution in [0.1, 0.15) is 10.4 Å².